The molecule has 0 aliphatic carbocycles. The third-order valence-electron chi connectivity index (χ3n) is 4.68. The van der Waals surface area contributed by atoms with Crippen LogP contribution in [0.15, 0.2) is 35.7 Å². The second kappa shape index (κ2) is 8.12. The van der Waals surface area contributed by atoms with Crippen LogP contribution in [0.25, 0.3) is 5.69 Å². The predicted molar refractivity (Wildman–Crippen MR) is 103 cm³/mol. The molecule has 0 N–H and O–H groups in total. The van der Waals surface area contributed by atoms with E-state index in [1.807, 2.05) is 40.7 Å². The van der Waals surface area contributed by atoms with Gasteiger partial charge in [0.05, 0.1) is 12.4 Å². The van der Waals surface area contributed by atoms with Crippen molar-refractivity contribution in [3.8, 4) is 11.4 Å². The highest BCUT2D eigenvalue weighted by molar-refractivity contribution is 8.00. The molecule has 1 fully saturated rings. The van der Waals surface area contributed by atoms with Crippen molar-refractivity contribution in [2.24, 2.45) is 11.8 Å². The molecule has 6 nitrogen and oxygen atoms in total. The van der Waals surface area contributed by atoms with Gasteiger partial charge >= 0.3 is 0 Å². The molecule has 2 heterocycles. The van der Waals surface area contributed by atoms with Crippen molar-refractivity contribution in [3.05, 3.63) is 30.6 Å². The second-order valence-corrected chi connectivity index (χ2v) is 8.44. The molecule has 1 amide bonds. The van der Waals surface area contributed by atoms with Gasteiger partial charge in [-0.2, -0.15) is 0 Å². The van der Waals surface area contributed by atoms with Crippen LogP contribution < -0.4 is 4.74 Å². The zero-order valence-corrected chi connectivity index (χ0v) is 16.6. The summed E-state index contributed by atoms with van der Waals surface area (Å²) >= 11 is 1.45. The van der Waals surface area contributed by atoms with Crippen molar-refractivity contribution < 1.29 is 9.53 Å². The van der Waals surface area contributed by atoms with Crippen LogP contribution in [-0.2, 0) is 4.79 Å². The molecular weight excluding hydrogens is 348 g/mol. The van der Waals surface area contributed by atoms with Gasteiger partial charge in [-0.3, -0.25) is 9.36 Å². The van der Waals surface area contributed by atoms with Gasteiger partial charge < -0.3 is 9.64 Å². The lowest BCUT2D eigenvalue weighted by molar-refractivity contribution is -0.132. The fraction of sp³-hybridized carbons (Fsp3) is 0.526. The summed E-state index contributed by atoms with van der Waals surface area (Å²) in [6, 6.07) is 7.70. The number of carbonyl (C=O) groups excluding carboxylic acids is 1. The van der Waals surface area contributed by atoms with Gasteiger partial charge in [0, 0.05) is 18.8 Å². The number of benzene rings is 1. The van der Waals surface area contributed by atoms with Gasteiger partial charge in [-0.15, -0.1) is 10.2 Å². The van der Waals surface area contributed by atoms with Crippen molar-refractivity contribution in [3.63, 3.8) is 0 Å². The number of likely N-dealkylation sites (tertiary alicyclic amines) is 1. The van der Waals surface area contributed by atoms with Gasteiger partial charge in [0.25, 0.3) is 0 Å². The molecule has 1 saturated heterocycles. The first-order chi connectivity index (χ1) is 12.5. The van der Waals surface area contributed by atoms with Gasteiger partial charge in [0.1, 0.15) is 12.1 Å². The van der Waals surface area contributed by atoms with Crippen molar-refractivity contribution in [2.45, 2.75) is 37.6 Å². The summed E-state index contributed by atoms with van der Waals surface area (Å²) in [5.74, 6) is 2.09. The van der Waals surface area contributed by atoms with E-state index in [0.29, 0.717) is 17.0 Å². The minimum absolute atomic E-state index is 0.178. The van der Waals surface area contributed by atoms with Crippen LogP contribution >= 0.6 is 11.8 Å². The third kappa shape index (κ3) is 4.20. The summed E-state index contributed by atoms with van der Waals surface area (Å²) in [6.45, 7) is 8.07. The lowest BCUT2D eigenvalue weighted by atomic mass is 9.92. The molecule has 1 aromatic carbocycles. The van der Waals surface area contributed by atoms with Crippen molar-refractivity contribution >= 4 is 17.7 Å². The SMILES string of the molecule is COc1ccc(-n2cnnc2SC(C)C(=O)N2CC(C)CC(C)C2)cc1. The first-order valence-electron chi connectivity index (χ1n) is 8.97. The van der Waals surface area contributed by atoms with Crippen LogP contribution in [0.1, 0.15) is 27.2 Å². The number of hydrogen-bond acceptors (Lipinski definition) is 5. The Kier molecular flexibility index (Phi) is 5.86. The maximum Gasteiger partial charge on any atom is 0.235 e. The number of aromatic nitrogens is 3. The fourth-order valence-corrected chi connectivity index (χ4v) is 4.46. The van der Waals surface area contributed by atoms with Crippen LogP contribution in [0, 0.1) is 11.8 Å². The molecule has 7 heteroatoms. The summed E-state index contributed by atoms with van der Waals surface area (Å²) in [4.78, 5) is 14.9. The Morgan fingerprint density at radius 3 is 2.50 bits per heavy atom. The first-order valence-corrected chi connectivity index (χ1v) is 9.85. The van der Waals surface area contributed by atoms with E-state index in [0.717, 1.165) is 24.5 Å². The lowest BCUT2D eigenvalue weighted by Crippen LogP contribution is -2.45. The van der Waals surface area contributed by atoms with Gasteiger partial charge in [-0.1, -0.05) is 25.6 Å². The molecule has 0 radical (unpaired) electrons. The zero-order chi connectivity index (χ0) is 18.7. The molecule has 3 unspecified atom stereocenters. The third-order valence-corrected chi connectivity index (χ3v) is 5.72. The monoisotopic (exact) mass is 374 g/mol. The number of thioether (sulfide) groups is 1. The quantitative estimate of drug-likeness (QED) is 0.752. The number of amides is 1. The Morgan fingerprint density at radius 1 is 1.23 bits per heavy atom. The normalized spacial score (nSPS) is 21.5. The highest BCUT2D eigenvalue weighted by Gasteiger charge is 2.29. The van der Waals surface area contributed by atoms with Crippen molar-refractivity contribution in [2.75, 3.05) is 20.2 Å². The van der Waals surface area contributed by atoms with Gasteiger partial charge in [0.15, 0.2) is 5.16 Å². The molecule has 0 saturated carbocycles. The Balaban J connectivity index is 1.70. The van der Waals surface area contributed by atoms with Crippen LogP contribution in [0.5, 0.6) is 5.75 Å². The molecule has 1 aliphatic rings. The molecule has 1 aromatic heterocycles. The Labute approximate surface area is 158 Å². The highest BCUT2D eigenvalue weighted by Crippen LogP contribution is 2.28. The van der Waals surface area contributed by atoms with Gasteiger partial charge in [0.2, 0.25) is 5.91 Å². The number of piperidine rings is 1. The lowest BCUT2D eigenvalue weighted by Gasteiger charge is -2.36. The van der Waals surface area contributed by atoms with E-state index in [4.69, 9.17) is 4.74 Å². The molecule has 26 heavy (non-hydrogen) atoms. The maximum absolute atomic E-state index is 12.9. The average molecular weight is 375 g/mol. The molecule has 140 valence electrons. The number of rotatable bonds is 5. The largest absolute Gasteiger partial charge is 0.497 e. The summed E-state index contributed by atoms with van der Waals surface area (Å²) < 4.78 is 7.10. The maximum atomic E-state index is 12.9. The topological polar surface area (TPSA) is 60.2 Å². The molecular formula is C19H26N4O2S. The molecule has 3 rings (SSSR count). The number of carbonyl (C=O) groups is 1. The average Bonchev–Trinajstić information content (AvgIpc) is 3.08. The summed E-state index contributed by atoms with van der Waals surface area (Å²) in [7, 11) is 1.64. The van der Waals surface area contributed by atoms with E-state index in [9.17, 15) is 4.79 Å². The number of ether oxygens (including phenoxy) is 1. The predicted octanol–water partition coefficient (Wildman–Crippen LogP) is 3.26. The van der Waals surface area contributed by atoms with Crippen molar-refractivity contribution in [1.29, 1.82) is 0 Å². The van der Waals surface area contributed by atoms with E-state index in [2.05, 4.69) is 24.0 Å². The second-order valence-electron chi connectivity index (χ2n) is 7.13. The molecule has 3 atom stereocenters. The van der Waals surface area contributed by atoms with Gasteiger partial charge in [-0.25, -0.2) is 0 Å². The van der Waals surface area contributed by atoms with E-state index in [1.54, 1.807) is 13.4 Å². The summed E-state index contributed by atoms with van der Waals surface area (Å²) in [5.41, 5.74) is 0.943. The Hall–Kier alpha value is -2.02. The number of nitrogens with zero attached hydrogens (tertiary/aromatic N) is 4. The van der Waals surface area contributed by atoms with Crippen molar-refractivity contribution in [1.82, 2.24) is 19.7 Å². The fourth-order valence-electron chi connectivity index (χ4n) is 3.53. The zero-order valence-electron chi connectivity index (χ0n) is 15.8. The highest BCUT2D eigenvalue weighted by atomic mass is 32.2. The first kappa shape index (κ1) is 18.8. The van der Waals surface area contributed by atoms with E-state index < -0.39 is 0 Å². The van der Waals surface area contributed by atoms with Crippen LogP contribution in [0.3, 0.4) is 0 Å². The minimum Gasteiger partial charge on any atom is -0.497 e. The van der Waals surface area contributed by atoms with E-state index in [1.165, 1.54) is 18.2 Å². The summed E-state index contributed by atoms with van der Waals surface area (Å²) in [5, 5.41) is 8.75. The Bertz CT molecular complexity index is 736. The van der Waals surface area contributed by atoms with Gasteiger partial charge in [-0.05, 0) is 49.4 Å². The minimum atomic E-state index is -0.200. The standard InChI is InChI=1S/C19H26N4O2S/c1-13-9-14(2)11-22(10-13)18(24)15(3)26-19-21-20-12-23(19)16-5-7-17(25-4)8-6-16/h5-8,12-15H,9-11H2,1-4H3. The molecule has 2 aromatic rings. The smallest absolute Gasteiger partial charge is 0.235 e. The van der Waals surface area contributed by atoms with E-state index in [-0.39, 0.29) is 11.2 Å². The molecule has 0 bridgehead atoms. The Morgan fingerprint density at radius 2 is 1.88 bits per heavy atom. The van der Waals surface area contributed by atoms with Crippen LogP contribution in [-0.4, -0.2) is 51.0 Å². The molecule has 1 aliphatic heterocycles. The number of methoxy groups -OCH3 is 1. The van der Waals surface area contributed by atoms with E-state index >= 15 is 0 Å². The molecule has 0 spiro atoms. The van der Waals surface area contributed by atoms with Crippen LogP contribution in [0.2, 0.25) is 0 Å². The summed E-state index contributed by atoms with van der Waals surface area (Å²) in [6.07, 6.45) is 2.86. The van der Waals surface area contributed by atoms with Crippen LogP contribution in [0.4, 0.5) is 0 Å². The number of hydrogen-bond donors (Lipinski definition) is 0.